The maximum absolute atomic E-state index is 5.56. The lowest BCUT2D eigenvalue weighted by atomic mass is 10.1. The highest BCUT2D eigenvalue weighted by Crippen LogP contribution is 2.10. The van der Waals surface area contributed by atoms with E-state index in [1.165, 1.54) is 52.0 Å². The Morgan fingerprint density at radius 2 is 1.94 bits per heavy atom. The van der Waals surface area contributed by atoms with Crippen molar-refractivity contribution in [1.82, 2.24) is 9.80 Å². The molecule has 96 valence electrons. The molecule has 0 spiro atoms. The Bertz CT molecular complexity index is 173. The summed E-state index contributed by atoms with van der Waals surface area (Å²) in [5.74, 6) is 0. The van der Waals surface area contributed by atoms with E-state index in [0.717, 1.165) is 13.0 Å². The van der Waals surface area contributed by atoms with Crippen molar-refractivity contribution in [2.75, 3.05) is 39.3 Å². The third kappa shape index (κ3) is 4.81. The van der Waals surface area contributed by atoms with Crippen molar-refractivity contribution < 1.29 is 0 Å². The molecule has 1 aliphatic rings. The van der Waals surface area contributed by atoms with Crippen LogP contribution in [0, 0.1) is 0 Å². The van der Waals surface area contributed by atoms with Gasteiger partial charge in [-0.3, -0.25) is 4.90 Å². The SMILES string of the molecule is CCCCCN1CCN(CCCN)[C@@H](C)C1. The summed E-state index contributed by atoms with van der Waals surface area (Å²) in [4.78, 5) is 5.21. The molecule has 0 aliphatic carbocycles. The van der Waals surface area contributed by atoms with Gasteiger partial charge in [0.05, 0.1) is 0 Å². The van der Waals surface area contributed by atoms with Crippen LogP contribution in [-0.4, -0.2) is 55.1 Å². The average Bonchev–Trinajstić information content (AvgIpc) is 2.28. The highest BCUT2D eigenvalue weighted by atomic mass is 15.3. The molecular weight excluding hydrogens is 198 g/mol. The van der Waals surface area contributed by atoms with E-state index in [-0.39, 0.29) is 0 Å². The van der Waals surface area contributed by atoms with E-state index in [2.05, 4.69) is 23.6 Å². The lowest BCUT2D eigenvalue weighted by Crippen LogP contribution is -2.52. The molecule has 1 aliphatic heterocycles. The standard InChI is InChI=1S/C13H29N3/c1-3-4-5-8-15-10-11-16(9-6-7-14)13(2)12-15/h13H,3-12,14H2,1-2H3/t13-/m0/s1. The molecule has 0 unspecified atom stereocenters. The Hall–Kier alpha value is -0.120. The highest BCUT2D eigenvalue weighted by molar-refractivity contribution is 4.78. The van der Waals surface area contributed by atoms with Crippen molar-refractivity contribution in [2.45, 2.75) is 45.6 Å². The summed E-state index contributed by atoms with van der Waals surface area (Å²) in [6.45, 7) is 11.6. The van der Waals surface area contributed by atoms with Crippen molar-refractivity contribution in [1.29, 1.82) is 0 Å². The van der Waals surface area contributed by atoms with Crippen LogP contribution < -0.4 is 5.73 Å². The lowest BCUT2D eigenvalue weighted by Gasteiger charge is -2.40. The molecule has 1 rings (SSSR count). The number of rotatable bonds is 7. The molecule has 1 fully saturated rings. The van der Waals surface area contributed by atoms with Gasteiger partial charge in [-0.25, -0.2) is 0 Å². The van der Waals surface area contributed by atoms with E-state index >= 15 is 0 Å². The third-order valence-electron chi connectivity index (χ3n) is 3.58. The van der Waals surface area contributed by atoms with Crippen molar-refractivity contribution in [3.8, 4) is 0 Å². The fraction of sp³-hybridized carbons (Fsp3) is 1.00. The van der Waals surface area contributed by atoms with Gasteiger partial charge in [0.1, 0.15) is 0 Å². The largest absolute Gasteiger partial charge is 0.330 e. The molecule has 16 heavy (non-hydrogen) atoms. The van der Waals surface area contributed by atoms with Crippen molar-refractivity contribution >= 4 is 0 Å². The van der Waals surface area contributed by atoms with Crippen molar-refractivity contribution in [3.05, 3.63) is 0 Å². The number of nitrogens with two attached hydrogens (primary N) is 1. The van der Waals surface area contributed by atoms with Gasteiger partial charge in [0.2, 0.25) is 0 Å². The summed E-state index contributed by atoms with van der Waals surface area (Å²) in [5.41, 5.74) is 5.56. The van der Waals surface area contributed by atoms with Gasteiger partial charge in [-0.2, -0.15) is 0 Å². The van der Waals surface area contributed by atoms with Gasteiger partial charge in [0, 0.05) is 25.7 Å². The molecule has 0 saturated carbocycles. The van der Waals surface area contributed by atoms with Crippen LogP contribution in [0.2, 0.25) is 0 Å². The molecule has 3 heteroatoms. The molecule has 0 bridgehead atoms. The fourth-order valence-corrected chi connectivity index (χ4v) is 2.49. The quantitative estimate of drug-likeness (QED) is 0.670. The van der Waals surface area contributed by atoms with Gasteiger partial charge >= 0.3 is 0 Å². The molecule has 1 heterocycles. The topological polar surface area (TPSA) is 32.5 Å². The second-order valence-corrected chi connectivity index (χ2v) is 5.03. The Kier molecular flexibility index (Phi) is 7.01. The third-order valence-corrected chi connectivity index (χ3v) is 3.58. The minimum absolute atomic E-state index is 0.710. The Morgan fingerprint density at radius 1 is 1.12 bits per heavy atom. The van der Waals surface area contributed by atoms with Crippen LogP contribution in [-0.2, 0) is 0 Å². The predicted octanol–water partition coefficient (Wildman–Crippen LogP) is 1.53. The van der Waals surface area contributed by atoms with Crippen LogP contribution in [0.1, 0.15) is 39.5 Å². The van der Waals surface area contributed by atoms with Gasteiger partial charge in [-0.15, -0.1) is 0 Å². The molecule has 0 aromatic heterocycles. The van der Waals surface area contributed by atoms with Gasteiger partial charge in [-0.1, -0.05) is 19.8 Å². The monoisotopic (exact) mass is 227 g/mol. The summed E-state index contributed by atoms with van der Waals surface area (Å²) in [5, 5.41) is 0. The minimum atomic E-state index is 0.710. The minimum Gasteiger partial charge on any atom is -0.330 e. The lowest BCUT2D eigenvalue weighted by molar-refractivity contribution is 0.0820. The van der Waals surface area contributed by atoms with E-state index in [0.29, 0.717) is 6.04 Å². The summed E-state index contributed by atoms with van der Waals surface area (Å²) in [6, 6.07) is 0.710. The van der Waals surface area contributed by atoms with E-state index in [1.807, 2.05) is 0 Å². The zero-order valence-electron chi connectivity index (χ0n) is 11.1. The maximum atomic E-state index is 5.56. The van der Waals surface area contributed by atoms with E-state index in [1.54, 1.807) is 0 Å². The van der Waals surface area contributed by atoms with Crippen molar-refractivity contribution in [2.24, 2.45) is 5.73 Å². The Balaban J connectivity index is 2.17. The first-order chi connectivity index (χ1) is 7.77. The Labute approximate surface area is 101 Å². The highest BCUT2D eigenvalue weighted by Gasteiger charge is 2.22. The van der Waals surface area contributed by atoms with Crippen LogP contribution in [0.4, 0.5) is 0 Å². The second kappa shape index (κ2) is 8.04. The van der Waals surface area contributed by atoms with Crippen LogP contribution in [0.5, 0.6) is 0 Å². The molecule has 1 atom stereocenters. The van der Waals surface area contributed by atoms with Crippen LogP contribution in [0.15, 0.2) is 0 Å². The molecular formula is C13H29N3. The molecule has 0 aromatic carbocycles. The number of hydrogen-bond acceptors (Lipinski definition) is 3. The molecule has 1 saturated heterocycles. The second-order valence-electron chi connectivity index (χ2n) is 5.03. The van der Waals surface area contributed by atoms with E-state index in [9.17, 15) is 0 Å². The summed E-state index contributed by atoms with van der Waals surface area (Å²) in [7, 11) is 0. The summed E-state index contributed by atoms with van der Waals surface area (Å²) < 4.78 is 0. The molecule has 0 aromatic rings. The predicted molar refractivity (Wildman–Crippen MR) is 70.7 cm³/mol. The average molecular weight is 227 g/mol. The normalized spacial score (nSPS) is 23.8. The zero-order chi connectivity index (χ0) is 11.8. The molecule has 0 radical (unpaired) electrons. The smallest absolute Gasteiger partial charge is 0.0195 e. The fourth-order valence-electron chi connectivity index (χ4n) is 2.49. The van der Waals surface area contributed by atoms with Crippen LogP contribution in [0.25, 0.3) is 0 Å². The van der Waals surface area contributed by atoms with Gasteiger partial charge in [0.25, 0.3) is 0 Å². The van der Waals surface area contributed by atoms with Crippen LogP contribution >= 0.6 is 0 Å². The maximum Gasteiger partial charge on any atom is 0.0195 e. The number of hydrogen-bond donors (Lipinski definition) is 1. The molecule has 2 N–H and O–H groups in total. The zero-order valence-corrected chi connectivity index (χ0v) is 11.1. The van der Waals surface area contributed by atoms with Gasteiger partial charge < -0.3 is 10.6 Å². The number of nitrogens with zero attached hydrogens (tertiary/aromatic N) is 2. The van der Waals surface area contributed by atoms with Gasteiger partial charge in [0.15, 0.2) is 0 Å². The number of unbranched alkanes of at least 4 members (excludes halogenated alkanes) is 2. The first-order valence-corrected chi connectivity index (χ1v) is 6.94. The van der Waals surface area contributed by atoms with Crippen molar-refractivity contribution in [3.63, 3.8) is 0 Å². The van der Waals surface area contributed by atoms with Gasteiger partial charge in [-0.05, 0) is 39.4 Å². The first-order valence-electron chi connectivity index (χ1n) is 6.94. The summed E-state index contributed by atoms with van der Waals surface area (Å²) >= 11 is 0. The number of piperazine rings is 1. The molecule has 0 amide bonds. The van der Waals surface area contributed by atoms with Crippen LogP contribution in [0.3, 0.4) is 0 Å². The van der Waals surface area contributed by atoms with E-state index < -0.39 is 0 Å². The first kappa shape index (κ1) is 13.9. The summed E-state index contributed by atoms with van der Waals surface area (Å²) in [6.07, 6.45) is 5.21. The molecule has 3 nitrogen and oxygen atoms in total. The Morgan fingerprint density at radius 3 is 2.56 bits per heavy atom. The van der Waals surface area contributed by atoms with E-state index in [4.69, 9.17) is 5.73 Å².